The second-order valence-electron chi connectivity index (χ2n) is 4.10. The molecule has 0 unspecified atom stereocenters. The quantitative estimate of drug-likeness (QED) is 0.485. The van der Waals surface area contributed by atoms with Crippen LogP contribution in [-0.2, 0) is 17.8 Å². The Hall–Kier alpha value is -1.72. The molecular weight excluding hydrogens is 263 g/mol. The summed E-state index contributed by atoms with van der Waals surface area (Å²) >= 11 is 1.70. The molecule has 0 aliphatic rings. The fraction of sp³-hybridized carbons (Fsp3) is 0.214. The van der Waals surface area contributed by atoms with Gasteiger partial charge in [-0.2, -0.15) is 0 Å². The van der Waals surface area contributed by atoms with Crippen molar-refractivity contribution < 1.29 is 9.13 Å². The highest BCUT2D eigenvalue weighted by molar-refractivity contribution is 7.09. The molecular formula is C14H15FN2OS. The van der Waals surface area contributed by atoms with Gasteiger partial charge < -0.3 is 10.5 Å². The number of hydrogen-bond donors (Lipinski definition) is 2. The van der Waals surface area contributed by atoms with E-state index in [1.165, 1.54) is 17.0 Å². The summed E-state index contributed by atoms with van der Waals surface area (Å²) in [5, 5.41) is 9.46. The number of nitrogens with one attached hydrogen (secondary N) is 1. The molecule has 0 fully saturated rings. The van der Waals surface area contributed by atoms with E-state index in [2.05, 4.69) is 6.07 Å². The van der Waals surface area contributed by atoms with Gasteiger partial charge in [-0.25, -0.2) is 4.39 Å². The zero-order valence-corrected chi connectivity index (χ0v) is 11.2. The van der Waals surface area contributed by atoms with E-state index in [0.29, 0.717) is 18.8 Å². The number of hydrogen-bond acceptors (Lipinski definition) is 3. The first-order valence-electron chi connectivity index (χ1n) is 5.90. The third-order valence-electron chi connectivity index (χ3n) is 2.69. The van der Waals surface area contributed by atoms with E-state index in [0.717, 1.165) is 12.0 Å². The highest BCUT2D eigenvalue weighted by Gasteiger charge is 2.07. The van der Waals surface area contributed by atoms with Crippen LogP contribution >= 0.6 is 11.3 Å². The number of rotatable bonds is 6. The van der Waals surface area contributed by atoms with Crippen molar-refractivity contribution in [2.45, 2.75) is 13.0 Å². The van der Waals surface area contributed by atoms with Crippen molar-refractivity contribution in [3.05, 3.63) is 57.5 Å². The summed E-state index contributed by atoms with van der Waals surface area (Å²) in [4.78, 5) is 1.27. The van der Waals surface area contributed by atoms with Crippen molar-refractivity contribution in [1.29, 1.82) is 5.41 Å². The van der Waals surface area contributed by atoms with E-state index in [9.17, 15) is 4.39 Å². The van der Waals surface area contributed by atoms with Gasteiger partial charge in [0.2, 0.25) is 0 Å². The molecule has 2 rings (SSSR count). The van der Waals surface area contributed by atoms with Gasteiger partial charge in [0.1, 0.15) is 11.7 Å². The number of thiophene rings is 1. The van der Waals surface area contributed by atoms with Crippen molar-refractivity contribution in [3.63, 3.8) is 0 Å². The van der Waals surface area contributed by atoms with Crippen LogP contribution in [0, 0.1) is 11.2 Å². The monoisotopic (exact) mass is 278 g/mol. The maximum Gasteiger partial charge on any atom is 0.123 e. The van der Waals surface area contributed by atoms with Crippen LogP contribution in [0.5, 0.6) is 0 Å². The van der Waals surface area contributed by atoms with Crippen LogP contribution in [0.3, 0.4) is 0 Å². The lowest BCUT2D eigenvalue weighted by atomic mass is 10.1. The standard InChI is InChI=1S/C14H15FN2OS/c15-11-4-3-10(13(8-11)14(16)17)9-18-6-5-12-2-1-7-19-12/h1-4,7-8H,5-6,9H2,(H3,16,17). The van der Waals surface area contributed by atoms with Crippen LogP contribution in [0.1, 0.15) is 16.0 Å². The highest BCUT2D eigenvalue weighted by Crippen LogP contribution is 2.13. The molecule has 3 nitrogen and oxygen atoms in total. The van der Waals surface area contributed by atoms with Crippen molar-refractivity contribution >= 4 is 17.2 Å². The van der Waals surface area contributed by atoms with E-state index in [4.69, 9.17) is 15.9 Å². The van der Waals surface area contributed by atoms with Crippen LogP contribution in [-0.4, -0.2) is 12.4 Å². The van der Waals surface area contributed by atoms with E-state index < -0.39 is 5.82 Å². The maximum atomic E-state index is 13.1. The Morgan fingerprint density at radius 1 is 1.37 bits per heavy atom. The molecule has 0 radical (unpaired) electrons. The van der Waals surface area contributed by atoms with E-state index in [-0.39, 0.29) is 5.84 Å². The van der Waals surface area contributed by atoms with Crippen LogP contribution in [0.15, 0.2) is 35.7 Å². The maximum absolute atomic E-state index is 13.1. The van der Waals surface area contributed by atoms with Gasteiger partial charge in [0.05, 0.1) is 13.2 Å². The zero-order chi connectivity index (χ0) is 13.7. The lowest BCUT2D eigenvalue weighted by Gasteiger charge is -2.09. The number of nitrogen functional groups attached to an aromatic ring is 1. The van der Waals surface area contributed by atoms with Gasteiger partial charge in [0.25, 0.3) is 0 Å². The average molecular weight is 278 g/mol. The van der Waals surface area contributed by atoms with E-state index in [1.54, 1.807) is 17.4 Å². The number of benzene rings is 1. The first-order chi connectivity index (χ1) is 9.16. The van der Waals surface area contributed by atoms with Crippen molar-refractivity contribution in [2.24, 2.45) is 5.73 Å². The molecule has 1 aromatic carbocycles. The normalized spacial score (nSPS) is 10.6. The van der Waals surface area contributed by atoms with E-state index in [1.807, 2.05) is 11.4 Å². The van der Waals surface area contributed by atoms with Crippen molar-refractivity contribution in [3.8, 4) is 0 Å². The first kappa shape index (κ1) is 13.7. The molecule has 0 aliphatic carbocycles. The van der Waals surface area contributed by atoms with Gasteiger partial charge in [0, 0.05) is 16.9 Å². The van der Waals surface area contributed by atoms with Gasteiger partial charge >= 0.3 is 0 Å². The summed E-state index contributed by atoms with van der Waals surface area (Å²) < 4.78 is 18.6. The summed E-state index contributed by atoms with van der Waals surface area (Å²) in [7, 11) is 0. The minimum absolute atomic E-state index is 0.142. The molecule has 0 saturated heterocycles. The van der Waals surface area contributed by atoms with Gasteiger partial charge in [-0.1, -0.05) is 12.1 Å². The third-order valence-corrected chi connectivity index (χ3v) is 3.63. The van der Waals surface area contributed by atoms with Gasteiger partial charge in [-0.05, 0) is 29.1 Å². The topological polar surface area (TPSA) is 59.1 Å². The molecule has 0 spiro atoms. The summed E-state index contributed by atoms with van der Waals surface area (Å²) in [6.07, 6.45) is 0.855. The van der Waals surface area contributed by atoms with Gasteiger partial charge in [0.15, 0.2) is 0 Å². The number of amidine groups is 1. The average Bonchev–Trinajstić information content (AvgIpc) is 2.89. The minimum Gasteiger partial charge on any atom is -0.384 e. The van der Waals surface area contributed by atoms with Crippen LogP contribution in [0.2, 0.25) is 0 Å². The van der Waals surface area contributed by atoms with Crippen LogP contribution in [0.25, 0.3) is 0 Å². The Labute approximate surface area is 115 Å². The van der Waals surface area contributed by atoms with Crippen LogP contribution in [0.4, 0.5) is 4.39 Å². The van der Waals surface area contributed by atoms with Crippen LogP contribution < -0.4 is 5.73 Å². The predicted octanol–water partition coefficient (Wildman–Crippen LogP) is 2.93. The SMILES string of the molecule is N=C(N)c1cc(F)ccc1COCCc1cccs1. The molecule has 100 valence electrons. The molecule has 3 N–H and O–H groups in total. The molecule has 0 atom stereocenters. The first-order valence-corrected chi connectivity index (χ1v) is 6.77. The Morgan fingerprint density at radius 2 is 2.21 bits per heavy atom. The number of ether oxygens (including phenoxy) is 1. The molecule has 0 amide bonds. The minimum atomic E-state index is -0.396. The zero-order valence-electron chi connectivity index (χ0n) is 10.4. The van der Waals surface area contributed by atoms with Crippen molar-refractivity contribution in [2.75, 3.05) is 6.61 Å². The second-order valence-corrected chi connectivity index (χ2v) is 5.13. The number of nitrogens with two attached hydrogens (primary N) is 1. The molecule has 0 saturated carbocycles. The smallest absolute Gasteiger partial charge is 0.123 e. The largest absolute Gasteiger partial charge is 0.384 e. The molecule has 1 aromatic heterocycles. The fourth-order valence-electron chi connectivity index (χ4n) is 1.73. The summed E-state index contributed by atoms with van der Waals surface area (Å²) in [5.74, 6) is -0.538. The summed E-state index contributed by atoms with van der Waals surface area (Å²) in [6.45, 7) is 0.926. The van der Waals surface area contributed by atoms with E-state index >= 15 is 0 Å². The van der Waals surface area contributed by atoms with Gasteiger partial charge in [-0.15, -0.1) is 11.3 Å². The molecule has 5 heteroatoms. The Bertz CT molecular complexity index is 555. The summed E-state index contributed by atoms with van der Waals surface area (Å²) in [6, 6.07) is 8.29. The predicted molar refractivity (Wildman–Crippen MR) is 75.1 cm³/mol. The molecule has 2 aromatic rings. The molecule has 0 aliphatic heterocycles. The van der Waals surface area contributed by atoms with Crippen molar-refractivity contribution in [1.82, 2.24) is 0 Å². The molecule has 19 heavy (non-hydrogen) atoms. The second kappa shape index (κ2) is 6.45. The lowest BCUT2D eigenvalue weighted by Crippen LogP contribution is -2.15. The third kappa shape index (κ3) is 3.87. The highest BCUT2D eigenvalue weighted by atomic mass is 32.1. The number of halogens is 1. The molecule has 1 heterocycles. The Kier molecular flexibility index (Phi) is 4.65. The Balaban J connectivity index is 1.90. The van der Waals surface area contributed by atoms with Gasteiger partial charge in [-0.3, -0.25) is 5.41 Å². The fourth-order valence-corrected chi connectivity index (χ4v) is 2.43. The molecule has 0 bridgehead atoms. The lowest BCUT2D eigenvalue weighted by molar-refractivity contribution is 0.124. The Morgan fingerprint density at radius 3 is 2.89 bits per heavy atom. The summed E-state index contributed by atoms with van der Waals surface area (Å²) in [5.41, 5.74) is 6.56.